The van der Waals surface area contributed by atoms with Crippen molar-refractivity contribution in [3.63, 3.8) is 0 Å². The van der Waals surface area contributed by atoms with E-state index in [0.29, 0.717) is 11.1 Å². The molecule has 0 saturated carbocycles. The monoisotopic (exact) mass is 652 g/mol. The highest BCUT2D eigenvalue weighted by Gasteiger charge is 2.10. The minimum absolute atomic E-state index is 0.178. The van der Waals surface area contributed by atoms with Crippen molar-refractivity contribution in [2.75, 3.05) is 10.6 Å². The highest BCUT2D eigenvalue weighted by atomic mass is 16.2. The molecular weight excluding hydrogens is 588 g/mol. The smallest absolute Gasteiger partial charge is 0.255 e. The maximum Gasteiger partial charge on any atom is 0.255 e. The topological polar surface area (TPSA) is 58.2 Å². The van der Waals surface area contributed by atoms with Crippen LogP contribution in [0.2, 0.25) is 0 Å². The summed E-state index contributed by atoms with van der Waals surface area (Å²) in [4.78, 5) is 25.7. The van der Waals surface area contributed by atoms with Crippen LogP contribution in [0.1, 0.15) is 174 Å². The zero-order chi connectivity index (χ0) is 34.1. The van der Waals surface area contributed by atoms with Crippen molar-refractivity contribution in [1.82, 2.24) is 0 Å². The summed E-state index contributed by atoms with van der Waals surface area (Å²) in [6.07, 6.45) is 29.0. The first-order valence-corrected chi connectivity index (χ1v) is 19.5. The Kier molecular flexibility index (Phi) is 20.1. The lowest BCUT2D eigenvalue weighted by atomic mass is 10.0. The van der Waals surface area contributed by atoms with Crippen LogP contribution in [0.5, 0.6) is 0 Å². The Morgan fingerprint density at radius 3 is 0.938 bits per heavy atom. The molecule has 0 atom stereocenters. The van der Waals surface area contributed by atoms with E-state index in [-0.39, 0.29) is 11.8 Å². The van der Waals surface area contributed by atoms with Gasteiger partial charge in [-0.05, 0) is 85.3 Å². The second-order valence-electron chi connectivity index (χ2n) is 13.7. The van der Waals surface area contributed by atoms with Crippen LogP contribution in [0.4, 0.5) is 11.4 Å². The molecule has 0 heterocycles. The first-order chi connectivity index (χ1) is 23.6. The zero-order valence-corrected chi connectivity index (χ0v) is 30.3. The molecule has 0 saturated heterocycles. The number of rotatable bonds is 26. The standard InChI is InChI=1S/C44H64N2O2/c1-3-5-7-9-11-13-15-17-19-21-23-37-25-33-41(34-26-37)45-43(47)39-29-31-40(32-30-39)44(48)46-42-35-27-38(28-36-42)24-22-20-18-16-14-12-10-8-6-4-2/h25-36H,3-24H2,1-2H3,(H,45,47)(H,46,48). The number of benzene rings is 3. The van der Waals surface area contributed by atoms with Crippen LogP contribution in [0, 0.1) is 0 Å². The van der Waals surface area contributed by atoms with Gasteiger partial charge in [0, 0.05) is 22.5 Å². The van der Waals surface area contributed by atoms with Crippen LogP contribution in [-0.4, -0.2) is 11.8 Å². The normalized spacial score (nSPS) is 11.0. The lowest BCUT2D eigenvalue weighted by Gasteiger charge is -2.09. The fourth-order valence-electron chi connectivity index (χ4n) is 6.32. The Labute approximate surface area is 292 Å². The van der Waals surface area contributed by atoms with E-state index in [1.54, 1.807) is 24.3 Å². The summed E-state index contributed by atoms with van der Waals surface area (Å²) < 4.78 is 0. The Hall–Kier alpha value is -3.40. The van der Waals surface area contributed by atoms with Crippen LogP contribution < -0.4 is 10.6 Å². The van der Waals surface area contributed by atoms with Crippen molar-refractivity contribution in [3.8, 4) is 0 Å². The molecule has 0 aromatic heterocycles. The van der Waals surface area contributed by atoms with Gasteiger partial charge in [0.1, 0.15) is 0 Å². The Bertz CT molecular complexity index is 1160. The van der Waals surface area contributed by atoms with Crippen molar-refractivity contribution >= 4 is 23.2 Å². The SMILES string of the molecule is CCCCCCCCCCCCc1ccc(NC(=O)c2ccc(C(=O)Nc3ccc(CCCCCCCCCCCC)cc3)cc2)cc1. The van der Waals surface area contributed by atoms with E-state index in [0.717, 1.165) is 24.2 Å². The predicted molar refractivity (Wildman–Crippen MR) is 206 cm³/mol. The molecule has 48 heavy (non-hydrogen) atoms. The van der Waals surface area contributed by atoms with Crippen LogP contribution in [0.25, 0.3) is 0 Å². The molecule has 262 valence electrons. The Morgan fingerprint density at radius 2 is 0.646 bits per heavy atom. The third-order valence-electron chi connectivity index (χ3n) is 9.47. The summed E-state index contributed by atoms with van der Waals surface area (Å²) in [5, 5.41) is 5.97. The van der Waals surface area contributed by atoms with Crippen molar-refractivity contribution in [2.45, 2.75) is 155 Å². The number of carbonyl (C=O) groups excluding carboxylic acids is 2. The van der Waals surface area contributed by atoms with Crippen LogP contribution in [-0.2, 0) is 12.8 Å². The highest BCUT2D eigenvalue weighted by molar-refractivity contribution is 6.07. The third kappa shape index (κ3) is 16.6. The first-order valence-electron chi connectivity index (χ1n) is 19.5. The maximum atomic E-state index is 12.8. The molecule has 0 aliphatic rings. The minimum atomic E-state index is -0.178. The van der Waals surface area contributed by atoms with Crippen molar-refractivity contribution in [2.24, 2.45) is 0 Å². The van der Waals surface area contributed by atoms with Gasteiger partial charge in [0.15, 0.2) is 0 Å². The van der Waals surface area contributed by atoms with Gasteiger partial charge in [0.2, 0.25) is 0 Å². The Balaban J connectivity index is 1.30. The molecule has 0 aliphatic carbocycles. The second kappa shape index (κ2) is 24.7. The van der Waals surface area contributed by atoms with E-state index in [9.17, 15) is 9.59 Å². The summed E-state index contributed by atoms with van der Waals surface area (Å²) in [6, 6.07) is 23.2. The second-order valence-corrected chi connectivity index (χ2v) is 13.7. The molecular formula is C44H64N2O2. The van der Waals surface area contributed by atoms with Gasteiger partial charge in [0.05, 0.1) is 0 Å². The van der Waals surface area contributed by atoms with Gasteiger partial charge in [-0.2, -0.15) is 0 Å². The van der Waals surface area contributed by atoms with E-state index in [4.69, 9.17) is 0 Å². The maximum absolute atomic E-state index is 12.8. The lowest BCUT2D eigenvalue weighted by molar-refractivity contribution is 0.101. The predicted octanol–water partition coefficient (Wildman–Crippen LogP) is 13.1. The number of unbranched alkanes of at least 4 members (excludes halogenated alkanes) is 18. The van der Waals surface area contributed by atoms with Crippen LogP contribution >= 0.6 is 0 Å². The van der Waals surface area contributed by atoms with Crippen molar-refractivity contribution in [1.29, 1.82) is 0 Å². The minimum Gasteiger partial charge on any atom is -0.322 e. The molecule has 4 heteroatoms. The van der Waals surface area contributed by atoms with Crippen molar-refractivity contribution in [3.05, 3.63) is 95.1 Å². The molecule has 0 bridgehead atoms. The number of aryl methyl sites for hydroxylation is 2. The van der Waals surface area contributed by atoms with Crippen molar-refractivity contribution < 1.29 is 9.59 Å². The third-order valence-corrected chi connectivity index (χ3v) is 9.47. The molecule has 0 fully saturated rings. The number of hydrogen-bond donors (Lipinski definition) is 2. The number of amides is 2. The molecule has 0 aliphatic heterocycles. The fourth-order valence-corrected chi connectivity index (χ4v) is 6.32. The molecule has 0 unspecified atom stereocenters. The number of carbonyl (C=O) groups is 2. The molecule has 3 aromatic rings. The van der Waals surface area contributed by atoms with Gasteiger partial charge >= 0.3 is 0 Å². The summed E-state index contributed by atoms with van der Waals surface area (Å²) in [7, 11) is 0. The van der Waals surface area contributed by atoms with E-state index >= 15 is 0 Å². The molecule has 4 nitrogen and oxygen atoms in total. The molecule has 3 rings (SSSR count). The molecule has 2 amide bonds. The number of nitrogens with one attached hydrogen (secondary N) is 2. The van der Waals surface area contributed by atoms with Gasteiger partial charge in [-0.3, -0.25) is 9.59 Å². The van der Waals surface area contributed by atoms with Gasteiger partial charge in [-0.25, -0.2) is 0 Å². The number of anilines is 2. The first kappa shape index (κ1) is 39.0. The molecule has 2 N–H and O–H groups in total. The average molecular weight is 653 g/mol. The van der Waals surface area contributed by atoms with Crippen LogP contribution in [0.15, 0.2) is 72.8 Å². The van der Waals surface area contributed by atoms with Gasteiger partial charge < -0.3 is 10.6 Å². The summed E-state index contributed by atoms with van der Waals surface area (Å²) >= 11 is 0. The zero-order valence-electron chi connectivity index (χ0n) is 30.3. The molecule has 0 radical (unpaired) electrons. The highest BCUT2D eigenvalue weighted by Crippen LogP contribution is 2.18. The van der Waals surface area contributed by atoms with E-state index in [2.05, 4.69) is 48.7 Å². The quantitative estimate of drug-likeness (QED) is 0.0848. The largest absolute Gasteiger partial charge is 0.322 e. The summed E-state index contributed by atoms with van der Waals surface area (Å²) in [5.74, 6) is -0.357. The average Bonchev–Trinajstić information content (AvgIpc) is 3.11. The fraction of sp³-hybridized carbons (Fsp3) is 0.545. The molecule has 0 spiro atoms. The Morgan fingerprint density at radius 1 is 0.375 bits per heavy atom. The lowest BCUT2D eigenvalue weighted by Crippen LogP contribution is -2.14. The number of hydrogen-bond acceptors (Lipinski definition) is 2. The van der Waals surface area contributed by atoms with Gasteiger partial charge in [-0.15, -0.1) is 0 Å². The van der Waals surface area contributed by atoms with Crippen LogP contribution in [0.3, 0.4) is 0 Å². The van der Waals surface area contributed by atoms with E-state index < -0.39 is 0 Å². The summed E-state index contributed by atoms with van der Waals surface area (Å²) in [5.41, 5.74) is 5.24. The van der Waals surface area contributed by atoms with E-state index in [1.807, 2.05) is 24.3 Å². The molecule has 3 aromatic carbocycles. The van der Waals surface area contributed by atoms with Gasteiger partial charge in [-0.1, -0.05) is 154 Å². The van der Waals surface area contributed by atoms with E-state index in [1.165, 1.54) is 140 Å². The summed E-state index contributed by atoms with van der Waals surface area (Å²) in [6.45, 7) is 4.54. The van der Waals surface area contributed by atoms with Gasteiger partial charge in [0.25, 0.3) is 11.8 Å².